The van der Waals surface area contributed by atoms with Crippen LogP contribution in [0.4, 0.5) is 0 Å². The fraction of sp³-hybridized carbons (Fsp3) is 0.500. The third kappa shape index (κ3) is 1.97. The van der Waals surface area contributed by atoms with E-state index in [-0.39, 0.29) is 18.2 Å². The van der Waals surface area contributed by atoms with Crippen LogP contribution in [-0.4, -0.2) is 26.4 Å². The summed E-state index contributed by atoms with van der Waals surface area (Å²) in [6, 6.07) is 0. The van der Waals surface area contributed by atoms with Gasteiger partial charge in [-0.05, 0) is 6.42 Å². The average Bonchev–Trinajstić information content (AvgIpc) is 2.31. The Bertz CT molecular complexity index is 319. The van der Waals surface area contributed by atoms with Crippen LogP contribution in [0.2, 0.25) is 0 Å². The van der Waals surface area contributed by atoms with E-state index in [0.29, 0.717) is 0 Å². The van der Waals surface area contributed by atoms with Gasteiger partial charge >= 0.3 is 13.6 Å². The molecule has 0 aromatic rings. The number of aliphatic carboxylic acids is 1. The molecule has 5 N–H and O–H groups in total. The summed E-state index contributed by atoms with van der Waals surface area (Å²) in [6.45, 7) is 0. The minimum Gasteiger partial charge on any atom is -0.480 e. The first kappa shape index (κ1) is 10.4. The van der Waals surface area contributed by atoms with Crippen molar-refractivity contribution in [2.24, 2.45) is 5.73 Å². The van der Waals surface area contributed by atoms with Crippen molar-refractivity contribution in [3.63, 3.8) is 0 Å². The number of carboxylic acids is 1. The molecule has 0 heterocycles. The number of carboxylic acid groups (broad SMARTS) is 1. The molecule has 1 rings (SSSR count). The zero-order chi connectivity index (χ0) is 10.3. The van der Waals surface area contributed by atoms with Gasteiger partial charge in [-0.3, -0.25) is 9.36 Å². The van der Waals surface area contributed by atoms with Gasteiger partial charge < -0.3 is 20.6 Å². The smallest absolute Gasteiger partial charge is 0.351 e. The number of hydrogen-bond donors (Lipinski definition) is 4. The lowest BCUT2D eigenvalue weighted by Gasteiger charge is -2.18. The van der Waals surface area contributed by atoms with Gasteiger partial charge in [0.1, 0.15) is 5.54 Å². The van der Waals surface area contributed by atoms with Crippen LogP contribution in [0.15, 0.2) is 11.4 Å². The molecule has 0 aromatic heterocycles. The maximum atomic E-state index is 10.7. The van der Waals surface area contributed by atoms with Crippen LogP contribution in [-0.2, 0) is 9.36 Å². The number of carbonyl (C=O) groups is 1. The van der Waals surface area contributed by atoms with E-state index < -0.39 is 19.1 Å². The second kappa shape index (κ2) is 2.92. The molecule has 1 atom stereocenters. The summed E-state index contributed by atoms with van der Waals surface area (Å²) in [5, 5.41) is 8.46. The quantitative estimate of drug-likeness (QED) is 0.458. The Morgan fingerprint density at radius 1 is 1.62 bits per heavy atom. The zero-order valence-electron chi connectivity index (χ0n) is 6.67. The van der Waals surface area contributed by atoms with Crippen LogP contribution in [0.3, 0.4) is 0 Å². The highest BCUT2D eigenvalue weighted by Gasteiger charge is 2.42. The van der Waals surface area contributed by atoms with E-state index in [1.54, 1.807) is 0 Å². The van der Waals surface area contributed by atoms with Crippen molar-refractivity contribution in [3.8, 4) is 0 Å². The topological polar surface area (TPSA) is 121 Å². The SMILES string of the molecule is NC1(C(=O)O)CC=C(P(=O)(O)O)C1. The summed E-state index contributed by atoms with van der Waals surface area (Å²) in [5.74, 6) is -1.24. The molecule has 0 fully saturated rings. The predicted octanol–water partition coefficient (Wildman–Crippen LogP) is -0.376. The van der Waals surface area contributed by atoms with E-state index in [0.717, 1.165) is 0 Å². The van der Waals surface area contributed by atoms with Gasteiger partial charge in [0.25, 0.3) is 0 Å². The standard InChI is InChI=1S/C6H10NO5P/c7-6(5(8)9)2-1-4(3-6)13(10,11)12/h1H,2-3,7H2,(H,8,9)(H2,10,11,12). The van der Waals surface area contributed by atoms with Gasteiger partial charge in [0.15, 0.2) is 0 Å². The molecule has 0 aliphatic heterocycles. The van der Waals surface area contributed by atoms with Gasteiger partial charge in [-0.1, -0.05) is 6.08 Å². The van der Waals surface area contributed by atoms with Crippen molar-refractivity contribution < 1.29 is 24.3 Å². The second-order valence-electron chi connectivity index (χ2n) is 3.08. The maximum Gasteiger partial charge on any atom is 0.351 e. The van der Waals surface area contributed by atoms with Gasteiger partial charge in [-0.2, -0.15) is 0 Å². The van der Waals surface area contributed by atoms with Gasteiger partial charge in [-0.15, -0.1) is 0 Å². The third-order valence-electron chi connectivity index (χ3n) is 2.00. The molecular weight excluding hydrogens is 197 g/mol. The normalized spacial score (nSPS) is 28.7. The van der Waals surface area contributed by atoms with E-state index >= 15 is 0 Å². The minimum absolute atomic E-state index is 0.0389. The third-order valence-corrected chi connectivity index (χ3v) is 3.09. The molecular formula is C6H10NO5P. The molecule has 0 aromatic carbocycles. The molecule has 0 amide bonds. The zero-order valence-corrected chi connectivity index (χ0v) is 7.57. The van der Waals surface area contributed by atoms with Crippen molar-refractivity contribution in [3.05, 3.63) is 11.4 Å². The summed E-state index contributed by atoms with van der Waals surface area (Å²) in [6.07, 6.45) is 0.879. The summed E-state index contributed by atoms with van der Waals surface area (Å²) < 4.78 is 10.7. The van der Waals surface area contributed by atoms with Crippen LogP contribution in [0.1, 0.15) is 12.8 Å². The monoisotopic (exact) mass is 207 g/mol. The lowest BCUT2D eigenvalue weighted by molar-refractivity contribution is -0.142. The highest BCUT2D eigenvalue weighted by Crippen LogP contribution is 2.51. The summed E-state index contributed by atoms with van der Waals surface area (Å²) >= 11 is 0. The van der Waals surface area contributed by atoms with Crippen LogP contribution < -0.4 is 5.73 Å². The second-order valence-corrected chi connectivity index (χ2v) is 4.74. The van der Waals surface area contributed by atoms with Gasteiger partial charge in [0.05, 0.1) is 0 Å². The highest BCUT2D eigenvalue weighted by molar-refractivity contribution is 7.56. The Balaban J connectivity index is 2.83. The Labute approximate surface area is 74.2 Å². The highest BCUT2D eigenvalue weighted by atomic mass is 31.2. The lowest BCUT2D eigenvalue weighted by Crippen LogP contribution is -2.45. The van der Waals surface area contributed by atoms with Gasteiger partial charge in [0, 0.05) is 11.7 Å². The van der Waals surface area contributed by atoms with E-state index in [1.165, 1.54) is 6.08 Å². The van der Waals surface area contributed by atoms with Crippen LogP contribution >= 0.6 is 7.60 Å². The molecule has 1 unspecified atom stereocenters. The predicted molar refractivity (Wildman–Crippen MR) is 43.9 cm³/mol. The molecule has 0 spiro atoms. The van der Waals surface area contributed by atoms with Crippen molar-refractivity contribution in [2.45, 2.75) is 18.4 Å². The van der Waals surface area contributed by atoms with Crippen LogP contribution in [0.25, 0.3) is 0 Å². The van der Waals surface area contributed by atoms with Crippen molar-refractivity contribution in [1.29, 1.82) is 0 Å². The van der Waals surface area contributed by atoms with Gasteiger partial charge in [0.2, 0.25) is 0 Å². The lowest BCUT2D eigenvalue weighted by atomic mass is 9.99. The van der Waals surface area contributed by atoms with Crippen molar-refractivity contribution in [2.75, 3.05) is 0 Å². The molecule has 0 saturated carbocycles. The average molecular weight is 207 g/mol. The Kier molecular flexibility index (Phi) is 2.34. The Morgan fingerprint density at radius 2 is 2.15 bits per heavy atom. The Morgan fingerprint density at radius 3 is 2.38 bits per heavy atom. The fourth-order valence-electron chi connectivity index (χ4n) is 1.15. The molecule has 7 heteroatoms. The fourth-order valence-corrected chi connectivity index (χ4v) is 1.97. The molecule has 0 bridgehead atoms. The summed E-state index contributed by atoms with van der Waals surface area (Å²) in [7, 11) is -4.32. The molecule has 0 radical (unpaired) electrons. The van der Waals surface area contributed by atoms with E-state index in [4.69, 9.17) is 20.6 Å². The Hall–Kier alpha value is -0.680. The van der Waals surface area contributed by atoms with Crippen molar-refractivity contribution in [1.82, 2.24) is 0 Å². The van der Waals surface area contributed by atoms with Crippen LogP contribution in [0.5, 0.6) is 0 Å². The first-order valence-electron chi connectivity index (χ1n) is 3.53. The van der Waals surface area contributed by atoms with E-state index in [2.05, 4.69) is 0 Å². The molecule has 1 aliphatic rings. The number of rotatable bonds is 2. The van der Waals surface area contributed by atoms with Crippen LogP contribution in [0, 0.1) is 0 Å². The van der Waals surface area contributed by atoms with Gasteiger partial charge in [-0.25, -0.2) is 0 Å². The van der Waals surface area contributed by atoms with E-state index in [9.17, 15) is 9.36 Å². The first-order chi connectivity index (χ1) is 5.76. The minimum atomic E-state index is -4.32. The molecule has 6 nitrogen and oxygen atoms in total. The summed E-state index contributed by atoms with van der Waals surface area (Å²) in [5.41, 5.74) is 3.85. The number of nitrogens with two attached hydrogens (primary N) is 1. The van der Waals surface area contributed by atoms with Crippen molar-refractivity contribution >= 4 is 13.6 Å². The number of hydrogen-bond acceptors (Lipinski definition) is 3. The molecule has 0 saturated heterocycles. The molecule has 74 valence electrons. The first-order valence-corrected chi connectivity index (χ1v) is 5.14. The molecule has 13 heavy (non-hydrogen) atoms. The summed E-state index contributed by atoms with van der Waals surface area (Å²) in [4.78, 5) is 28.0. The maximum absolute atomic E-state index is 10.7. The largest absolute Gasteiger partial charge is 0.480 e. The molecule has 1 aliphatic carbocycles. The van der Waals surface area contributed by atoms with E-state index in [1.807, 2.05) is 0 Å².